The highest BCUT2D eigenvalue weighted by molar-refractivity contribution is 7.13. The number of anilines is 2. The maximum atomic E-state index is 6.26. The molecule has 21 heavy (non-hydrogen) atoms. The predicted molar refractivity (Wildman–Crippen MR) is 89.6 cm³/mol. The third-order valence-corrected chi connectivity index (χ3v) is 4.51. The van der Waals surface area contributed by atoms with Crippen LogP contribution >= 0.6 is 22.9 Å². The smallest absolute Gasteiger partial charge is 0.180 e. The molecule has 2 heterocycles. The largest absolute Gasteiger partial charge is 0.486 e. The Morgan fingerprint density at radius 1 is 1.52 bits per heavy atom. The minimum atomic E-state index is 0.198. The van der Waals surface area contributed by atoms with Crippen molar-refractivity contribution in [3.63, 3.8) is 0 Å². The van der Waals surface area contributed by atoms with Crippen molar-refractivity contribution in [2.45, 2.75) is 25.9 Å². The predicted octanol–water partition coefficient (Wildman–Crippen LogP) is 4.04. The molecule has 0 aliphatic carbocycles. The zero-order valence-corrected chi connectivity index (χ0v) is 13.7. The fourth-order valence-electron chi connectivity index (χ4n) is 2.67. The molecule has 1 unspecified atom stereocenters. The van der Waals surface area contributed by atoms with Crippen LogP contribution in [0.15, 0.2) is 17.5 Å². The summed E-state index contributed by atoms with van der Waals surface area (Å²) in [5.74, 6) is 0.858. The lowest BCUT2D eigenvalue weighted by atomic mass is 10.1. The van der Waals surface area contributed by atoms with Crippen LogP contribution < -0.4 is 15.4 Å². The van der Waals surface area contributed by atoms with Gasteiger partial charge in [0.25, 0.3) is 0 Å². The van der Waals surface area contributed by atoms with E-state index in [0.29, 0.717) is 10.2 Å². The first-order chi connectivity index (χ1) is 10.1. The monoisotopic (exact) mass is 323 g/mol. The molecule has 6 heteroatoms. The average molecular weight is 324 g/mol. The number of ether oxygens (including phenoxy) is 1. The fraction of sp³-hybridized carbons (Fsp3) is 0.400. The Labute approximate surface area is 133 Å². The minimum Gasteiger partial charge on any atom is -0.486 e. The zero-order valence-electron chi connectivity index (χ0n) is 12.1. The van der Waals surface area contributed by atoms with Gasteiger partial charge in [0.1, 0.15) is 6.10 Å². The molecule has 0 radical (unpaired) electrons. The van der Waals surface area contributed by atoms with E-state index in [9.17, 15) is 0 Å². The van der Waals surface area contributed by atoms with Gasteiger partial charge in [-0.1, -0.05) is 24.9 Å². The number of benzene rings is 1. The molecule has 4 nitrogen and oxygen atoms in total. The van der Waals surface area contributed by atoms with E-state index in [-0.39, 0.29) is 6.10 Å². The van der Waals surface area contributed by atoms with Crippen LogP contribution in [-0.4, -0.2) is 24.7 Å². The number of thiazole rings is 1. The molecule has 0 amide bonds. The second kappa shape index (κ2) is 5.73. The van der Waals surface area contributed by atoms with Crippen LogP contribution in [0.1, 0.15) is 19.8 Å². The summed E-state index contributed by atoms with van der Waals surface area (Å²) in [6.07, 6.45) is 2.33. The molecule has 0 saturated heterocycles. The summed E-state index contributed by atoms with van der Waals surface area (Å²) < 4.78 is 6.22. The molecule has 0 fully saturated rings. The lowest BCUT2D eigenvalue weighted by molar-refractivity contribution is 0.186. The van der Waals surface area contributed by atoms with Crippen molar-refractivity contribution in [1.82, 2.24) is 4.98 Å². The van der Waals surface area contributed by atoms with Crippen molar-refractivity contribution in [2.24, 2.45) is 0 Å². The first-order valence-corrected chi connectivity index (χ1v) is 8.27. The van der Waals surface area contributed by atoms with Crippen molar-refractivity contribution in [1.29, 1.82) is 0 Å². The Kier molecular flexibility index (Phi) is 3.95. The summed E-state index contributed by atoms with van der Waals surface area (Å²) in [6, 6.07) is 3.84. The van der Waals surface area contributed by atoms with Crippen LogP contribution in [0.3, 0.4) is 0 Å². The molecule has 3 rings (SSSR count). The van der Waals surface area contributed by atoms with Crippen molar-refractivity contribution >= 4 is 33.8 Å². The molecule has 0 spiro atoms. The average Bonchev–Trinajstić information content (AvgIpc) is 2.86. The van der Waals surface area contributed by atoms with Gasteiger partial charge in [-0.15, -0.1) is 11.3 Å². The van der Waals surface area contributed by atoms with Crippen LogP contribution in [0.5, 0.6) is 5.75 Å². The molecule has 2 N–H and O–H groups in total. The molecular formula is C15H18ClN3OS. The summed E-state index contributed by atoms with van der Waals surface area (Å²) in [5.41, 5.74) is 8.50. The van der Waals surface area contributed by atoms with Crippen molar-refractivity contribution in [3.8, 4) is 17.0 Å². The number of hydrogen-bond acceptors (Lipinski definition) is 5. The highest BCUT2D eigenvalue weighted by Gasteiger charge is 2.27. The molecule has 1 aliphatic heterocycles. The number of halogens is 1. The second-order valence-electron chi connectivity index (χ2n) is 5.28. The van der Waals surface area contributed by atoms with Gasteiger partial charge in [0.2, 0.25) is 0 Å². The van der Waals surface area contributed by atoms with E-state index in [1.807, 2.05) is 17.5 Å². The quantitative estimate of drug-likeness (QED) is 0.926. The number of aromatic nitrogens is 1. The SMILES string of the molecule is CCCC1CN(C)c2cc(Cl)cc(-c3csc(N)n3)c2O1. The van der Waals surface area contributed by atoms with Crippen LogP contribution in [-0.2, 0) is 0 Å². The highest BCUT2D eigenvalue weighted by atomic mass is 35.5. The summed E-state index contributed by atoms with van der Waals surface area (Å²) in [4.78, 5) is 6.56. The van der Waals surface area contributed by atoms with E-state index in [4.69, 9.17) is 22.1 Å². The van der Waals surface area contributed by atoms with Gasteiger partial charge in [-0.25, -0.2) is 4.98 Å². The Morgan fingerprint density at radius 2 is 2.33 bits per heavy atom. The fourth-order valence-corrected chi connectivity index (χ4v) is 3.44. The Balaban J connectivity index is 2.09. The Bertz CT molecular complexity index is 658. The van der Waals surface area contributed by atoms with Gasteiger partial charge in [-0.3, -0.25) is 0 Å². The Morgan fingerprint density at radius 3 is 3.00 bits per heavy atom. The van der Waals surface area contributed by atoms with E-state index in [1.165, 1.54) is 11.3 Å². The van der Waals surface area contributed by atoms with Crippen molar-refractivity contribution in [3.05, 3.63) is 22.5 Å². The van der Waals surface area contributed by atoms with E-state index in [0.717, 1.165) is 42.1 Å². The lowest BCUT2D eigenvalue weighted by Gasteiger charge is -2.35. The molecule has 1 aromatic carbocycles. The second-order valence-corrected chi connectivity index (χ2v) is 6.61. The third kappa shape index (κ3) is 2.80. The molecule has 1 aliphatic rings. The molecule has 1 atom stereocenters. The first-order valence-electron chi connectivity index (χ1n) is 7.01. The van der Waals surface area contributed by atoms with Crippen LogP contribution in [0.4, 0.5) is 10.8 Å². The van der Waals surface area contributed by atoms with E-state index in [1.54, 1.807) is 0 Å². The molecule has 112 valence electrons. The van der Waals surface area contributed by atoms with Gasteiger partial charge in [0.05, 0.1) is 17.9 Å². The molecule has 1 aromatic heterocycles. The van der Waals surface area contributed by atoms with Gasteiger partial charge < -0.3 is 15.4 Å². The highest BCUT2D eigenvalue weighted by Crippen LogP contribution is 2.44. The van der Waals surface area contributed by atoms with E-state index < -0.39 is 0 Å². The van der Waals surface area contributed by atoms with Gasteiger partial charge >= 0.3 is 0 Å². The zero-order chi connectivity index (χ0) is 15.0. The summed E-state index contributed by atoms with van der Waals surface area (Å²) >= 11 is 7.69. The van der Waals surface area contributed by atoms with Crippen molar-refractivity contribution in [2.75, 3.05) is 24.2 Å². The summed E-state index contributed by atoms with van der Waals surface area (Å²) in [7, 11) is 2.07. The third-order valence-electron chi connectivity index (χ3n) is 3.62. The van der Waals surface area contributed by atoms with Gasteiger partial charge in [-0.2, -0.15) is 0 Å². The van der Waals surface area contributed by atoms with Crippen molar-refractivity contribution < 1.29 is 4.74 Å². The maximum absolute atomic E-state index is 6.26. The van der Waals surface area contributed by atoms with Crippen LogP contribution in [0.2, 0.25) is 5.02 Å². The molecule has 0 saturated carbocycles. The number of rotatable bonds is 3. The van der Waals surface area contributed by atoms with E-state index in [2.05, 4.69) is 23.9 Å². The normalized spacial score (nSPS) is 17.5. The van der Waals surface area contributed by atoms with E-state index >= 15 is 0 Å². The van der Waals surface area contributed by atoms with Gasteiger partial charge in [0.15, 0.2) is 10.9 Å². The topological polar surface area (TPSA) is 51.4 Å². The summed E-state index contributed by atoms with van der Waals surface area (Å²) in [6.45, 7) is 3.04. The number of hydrogen-bond donors (Lipinski definition) is 1. The van der Waals surface area contributed by atoms with Gasteiger partial charge in [-0.05, 0) is 18.6 Å². The molecular weight excluding hydrogens is 306 g/mol. The van der Waals surface area contributed by atoms with Gasteiger partial charge in [0, 0.05) is 23.0 Å². The molecule has 2 aromatic rings. The number of nitrogens with two attached hydrogens (primary N) is 1. The number of fused-ring (bicyclic) bond motifs is 1. The number of nitrogen functional groups attached to an aromatic ring is 1. The standard InChI is InChI=1S/C15H18ClN3OS/c1-3-4-10-7-19(2)13-6-9(16)5-11(14(13)20-10)12-8-21-15(17)18-12/h5-6,8,10H,3-4,7H2,1-2H3,(H2,17,18). The minimum absolute atomic E-state index is 0.198. The summed E-state index contributed by atoms with van der Waals surface area (Å²) in [5, 5.41) is 3.17. The maximum Gasteiger partial charge on any atom is 0.180 e. The number of nitrogens with zero attached hydrogens (tertiary/aromatic N) is 2. The first kappa shape index (κ1) is 14.5. The Hall–Kier alpha value is -1.46. The van der Waals surface area contributed by atoms with Crippen LogP contribution in [0, 0.1) is 0 Å². The number of likely N-dealkylation sites (N-methyl/N-ethyl adjacent to an activating group) is 1. The molecule has 0 bridgehead atoms. The van der Waals surface area contributed by atoms with Crippen LogP contribution in [0.25, 0.3) is 11.3 Å². The lowest BCUT2D eigenvalue weighted by Crippen LogP contribution is -2.37.